The summed E-state index contributed by atoms with van der Waals surface area (Å²) >= 11 is 0. The third-order valence-corrected chi connectivity index (χ3v) is 5.16. The van der Waals surface area contributed by atoms with E-state index in [9.17, 15) is 9.18 Å². The molecule has 4 rings (SSSR count). The summed E-state index contributed by atoms with van der Waals surface area (Å²) in [5.41, 5.74) is 0.560. The van der Waals surface area contributed by atoms with Crippen LogP contribution in [-0.2, 0) is 12.1 Å². The first kappa shape index (κ1) is 16.2. The Balaban J connectivity index is 1.46. The van der Waals surface area contributed by atoms with E-state index in [1.54, 1.807) is 10.9 Å². The summed E-state index contributed by atoms with van der Waals surface area (Å²) in [5, 5.41) is 14.4. The van der Waals surface area contributed by atoms with Crippen molar-refractivity contribution in [1.29, 1.82) is 0 Å². The minimum absolute atomic E-state index is 0.274. The number of benzene rings is 1. The molecule has 2 fully saturated rings. The van der Waals surface area contributed by atoms with Gasteiger partial charge in [0.25, 0.3) is 5.91 Å². The first-order valence-corrected chi connectivity index (χ1v) is 8.80. The lowest BCUT2D eigenvalue weighted by Crippen LogP contribution is -2.55. The number of amides is 1. The van der Waals surface area contributed by atoms with Crippen molar-refractivity contribution in [3.63, 3.8) is 0 Å². The molecule has 2 aromatic rings. The number of carbonyl (C=O) groups excluding carboxylic acids is 1. The van der Waals surface area contributed by atoms with Gasteiger partial charge in [-0.15, -0.1) is 5.10 Å². The molecule has 0 radical (unpaired) electrons. The molecule has 1 amide bonds. The highest BCUT2D eigenvalue weighted by Crippen LogP contribution is 2.43. The van der Waals surface area contributed by atoms with Gasteiger partial charge in [-0.25, -0.2) is 4.39 Å². The Kier molecular flexibility index (Phi) is 4.25. The van der Waals surface area contributed by atoms with Gasteiger partial charge in [-0.1, -0.05) is 35.5 Å². The molecule has 2 aliphatic rings. The fraction of sp³-hybridized carbons (Fsp3) is 0.500. The number of halogens is 1. The van der Waals surface area contributed by atoms with Gasteiger partial charge in [0.2, 0.25) is 0 Å². The van der Waals surface area contributed by atoms with E-state index in [0.29, 0.717) is 25.4 Å². The van der Waals surface area contributed by atoms with Crippen molar-refractivity contribution in [3.8, 4) is 0 Å². The summed E-state index contributed by atoms with van der Waals surface area (Å²) in [7, 11) is 0. The van der Waals surface area contributed by atoms with Gasteiger partial charge < -0.3 is 10.6 Å². The normalized spacial score (nSPS) is 28.5. The largest absolute Gasteiger partial charge is 0.341 e. The zero-order chi connectivity index (χ0) is 17.3. The van der Waals surface area contributed by atoms with Crippen LogP contribution < -0.4 is 10.6 Å². The Labute approximate surface area is 145 Å². The number of nitrogens with one attached hydrogen (secondary N) is 2. The van der Waals surface area contributed by atoms with E-state index in [-0.39, 0.29) is 11.6 Å². The van der Waals surface area contributed by atoms with Crippen molar-refractivity contribution in [2.24, 2.45) is 0 Å². The van der Waals surface area contributed by atoms with E-state index in [1.165, 1.54) is 0 Å². The maximum Gasteiger partial charge on any atom is 0.274 e. The topological polar surface area (TPSA) is 71.8 Å². The zero-order valence-electron chi connectivity index (χ0n) is 14.0. The maximum absolute atomic E-state index is 13.6. The monoisotopic (exact) mass is 343 g/mol. The number of alkyl halides is 1. The fourth-order valence-electron chi connectivity index (χ4n) is 3.77. The molecule has 1 saturated carbocycles. The summed E-state index contributed by atoms with van der Waals surface area (Å²) < 4.78 is 15.3. The SMILES string of the molecule is O=C(NC1(c2ccccc2)CC(F)C1)c1cn(CC2CCCN2)nn1. The van der Waals surface area contributed by atoms with Crippen LogP contribution in [0.1, 0.15) is 41.7 Å². The van der Waals surface area contributed by atoms with Crippen molar-refractivity contribution in [1.82, 2.24) is 25.6 Å². The minimum Gasteiger partial charge on any atom is -0.341 e. The van der Waals surface area contributed by atoms with Gasteiger partial charge in [0, 0.05) is 18.9 Å². The Bertz CT molecular complexity index is 735. The van der Waals surface area contributed by atoms with E-state index in [0.717, 1.165) is 24.9 Å². The second kappa shape index (κ2) is 6.55. The molecular weight excluding hydrogens is 321 g/mol. The summed E-state index contributed by atoms with van der Waals surface area (Å²) in [6, 6.07) is 9.95. The van der Waals surface area contributed by atoms with E-state index in [4.69, 9.17) is 0 Å². The molecule has 2 N–H and O–H groups in total. The number of aromatic nitrogens is 3. The predicted molar refractivity (Wildman–Crippen MR) is 90.8 cm³/mol. The molecule has 1 aliphatic carbocycles. The first-order chi connectivity index (χ1) is 12.1. The highest BCUT2D eigenvalue weighted by molar-refractivity contribution is 5.92. The maximum atomic E-state index is 13.6. The quantitative estimate of drug-likeness (QED) is 0.868. The smallest absolute Gasteiger partial charge is 0.274 e. The highest BCUT2D eigenvalue weighted by Gasteiger charge is 2.47. The lowest BCUT2D eigenvalue weighted by molar-refractivity contribution is 0.0524. The van der Waals surface area contributed by atoms with Crippen LogP contribution in [0.15, 0.2) is 36.5 Å². The van der Waals surface area contributed by atoms with Gasteiger partial charge in [0.1, 0.15) is 6.17 Å². The molecule has 1 saturated heterocycles. The Morgan fingerprint density at radius 1 is 1.36 bits per heavy atom. The van der Waals surface area contributed by atoms with Crippen LogP contribution in [0.25, 0.3) is 0 Å². The standard InChI is InChI=1S/C18H22FN5O/c19-14-9-18(10-14,13-5-2-1-3-6-13)21-17(25)16-12-24(23-22-16)11-15-7-4-8-20-15/h1-3,5-6,12,14-15,20H,4,7-11H2,(H,21,25). The lowest BCUT2D eigenvalue weighted by Gasteiger charge is -2.45. The van der Waals surface area contributed by atoms with Crippen LogP contribution in [0.4, 0.5) is 4.39 Å². The van der Waals surface area contributed by atoms with Crippen LogP contribution >= 0.6 is 0 Å². The number of hydrogen-bond donors (Lipinski definition) is 2. The van der Waals surface area contributed by atoms with Gasteiger partial charge >= 0.3 is 0 Å². The fourth-order valence-corrected chi connectivity index (χ4v) is 3.77. The molecule has 1 aliphatic heterocycles. The molecule has 1 atom stereocenters. The van der Waals surface area contributed by atoms with Gasteiger partial charge in [-0.3, -0.25) is 9.48 Å². The van der Waals surface area contributed by atoms with E-state index >= 15 is 0 Å². The molecule has 1 unspecified atom stereocenters. The first-order valence-electron chi connectivity index (χ1n) is 8.80. The summed E-state index contributed by atoms with van der Waals surface area (Å²) in [5.74, 6) is -0.304. The molecule has 0 bridgehead atoms. The average molecular weight is 343 g/mol. The molecule has 0 spiro atoms. The van der Waals surface area contributed by atoms with Gasteiger partial charge in [0.15, 0.2) is 5.69 Å². The summed E-state index contributed by atoms with van der Waals surface area (Å²) in [6.07, 6.45) is 3.64. The molecule has 2 heterocycles. The van der Waals surface area contributed by atoms with E-state index in [2.05, 4.69) is 20.9 Å². The molecule has 1 aromatic heterocycles. The molecule has 1 aromatic carbocycles. The third-order valence-electron chi connectivity index (χ3n) is 5.16. The number of rotatable bonds is 5. The van der Waals surface area contributed by atoms with E-state index < -0.39 is 11.7 Å². The Hall–Kier alpha value is -2.28. The summed E-state index contributed by atoms with van der Waals surface area (Å²) in [4.78, 5) is 12.6. The second-order valence-corrected chi connectivity index (χ2v) is 7.03. The van der Waals surface area contributed by atoms with E-state index in [1.807, 2.05) is 30.3 Å². The Morgan fingerprint density at radius 3 is 2.84 bits per heavy atom. The summed E-state index contributed by atoms with van der Waals surface area (Å²) in [6.45, 7) is 1.73. The van der Waals surface area contributed by atoms with Crippen LogP contribution in [-0.4, -0.2) is 39.7 Å². The minimum atomic E-state index is -0.885. The average Bonchev–Trinajstić information content (AvgIpc) is 3.26. The lowest BCUT2D eigenvalue weighted by atomic mass is 9.70. The number of nitrogens with zero attached hydrogens (tertiary/aromatic N) is 3. The highest BCUT2D eigenvalue weighted by atomic mass is 19.1. The zero-order valence-corrected chi connectivity index (χ0v) is 14.0. The number of hydrogen-bond acceptors (Lipinski definition) is 4. The van der Waals surface area contributed by atoms with Gasteiger partial charge in [-0.05, 0) is 24.9 Å². The Morgan fingerprint density at radius 2 is 2.16 bits per heavy atom. The molecule has 7 heteroatoms. The van der Waals surface area contributed by atoms with Crippen LogP contribution in [0.3, 0.4) is 0 Å². The predicted octanol–water partition coefficient (Wildman–Crippen LogP) is 1.79. The molecule has 132 valence electrons. The molecule has 6 nitrogen and oxygen atoms in total. The van der Waals surface area contributed by atoms with Crippen LogP contribution in [0.2, 0.25) is 0 Å². The second-order valence-electron chi connectivity index (χ2n) is 7.03. The van der Waals surface area contributed by atoms with Crippen LogP contribution in [0, 0.1) is 0 Å². The molecule has 25 heavy (non-hydrogen) atoms. The third kappa shape index (κ3) is 3.28. The van der Waals surface area contributed by atoms with Crippen molar-refractivity contribution in [2.75, 3.05) is 6.54 Å². The van der Waals surface area contributed by atoms with Crippen LogP contribution in [0.5, 0.6) is 0 Å². The van der Waals surface area contributed by atoms with Crippen molar-refractivity contribution in [2.45, 2.75) is 50.0 Å². The van der Waals surface area contributed by atoms with Crippen molar-refractivity contribution < 1.29 is 9.18 Å². The van der Waals surface area contributed by atoms with Crippen molar-refractivity contribution >= 4 is 5.91 Å². The number of carbonyl (C=O) groups is 1. The van der Waals surface area contributed by atoms with Gasteiger partial charge in [-0.2, -0.15) is 0 Å². The molecular formula is C18H22FN5O. The van der Waals surface area contributed by atoms with Crippen molar-refractivity contribution in [3.05, 3.63) is 47.8 Å². The van der Waals surface area contributed by atoms with Gasteiger partial charge in [0.05, 0.1) is 18.3 Å².